The predicted octanol–water partition coefficient (Wildman–Crippen LogP) is 6.03. The molecule has 2 aromatic carbocycles. The number of nitrogens with one attached hydrogen (secondary N) is 1. The Morgan fingerprint density at radius 3 is 2.37 bits per heavy atom. The molecule has 8 heteroatoms. The average molecular weight is 513 g/mol. The molecule has 0 unspecified atom stereocenters. The van der Waals surface area contributed by atoms with Gasteiger partial charge in [-0.1, -0.05) is 54.2 Å². The zero-order valence-electron chi connectivity index (χ0n) is 20.9. The Kier molecular flexibility index (Phi) is 9.34. The van der Waals surface area contributed by atoms with Gasteiger partial charge in [-0.2, -0.15) is 0 Å². The van der Waals surface area contributed by atoms with Gasteiger partial charge in [0.2, 0.25) is 5.91 Å². The summed E-state index contributed by atoms with van der Waals surface area (Å²) in [5, 5.41) is 3.04. The lowest BCUT2D eigenvalue weighted by molar-refractivity contribution is -0.122. The molecule has 0 aromatic heterocycles. The lowest BCUT2D eigenvalue weighted by Gasteiger charge is -2.14. The van der Waals surface area contributed by atoms with Crippen molar-refractivity contribution in [1.29, 1.82) is 0 Å². The number of thioether (sulfide) groups is 1. The first-order valence-corrected chi connectivity index (χ1v) is 12.8. The van der Waals surface area contributed by atoms with Crippen LogP contribution in [0.2, 0.25) is 0 Å². The SMILES string of the molecule is COc1ccc(C=C2SC(=S)N(CCCCCC(=O)Nc3c(C)cc(C)cc3C)C2=O)cc1OC. The third-order valence-electron chi connectivity index (χ3n) is 5.81. The van der Waals surface area contributed by atoms with Crippen LogP contribution in [0.15, 0.2) is 35.2 Å². The van der Waals surface area contributed by atoms with E-state index in [0.29, 0.717) is 33.7 Å². The van der Waals surface area contributed by atoms with Gasteiger partial charge in [0.1, 0.15) is 4.32 Å². The Labute approximate surface area is 217 Å². The lowest BCUT2D eigenvalue weighted by atomic mass is 10.0. The highest BCUT2D eigenvalue weighted by Gasteiger charge is 2.31. The molecule has 1 heterocycles. The zero-order chi connectivity index (χ0) is 25.5. The van der Waals surface area contributed by atoms with Gasteiger partial charge in [-0.25, -0.2) is 0 Å². The number of benzene rings is 2. The topological polar surface area (TPSA) is 67.9 Å². The molecule has 0 saturated carbocycles. The van der Waals surface area contributed by atoms with E-state index in [4.69, 9.17) is 21.7 Å². The molecule has 1 aliphatic rings. The van der Waals surface area contributed by atoms with Crippen molar-refractivity contribution >= 4 is 51.9 Å². The van der Waals surface area contributed by atoms with Gasteiger partial charge in [0.15, 0.2) is 11.5 Å². The van der Waals surface area contributed by atoms with Crippen LogP contribution in [-0.4, -0.2) is 41.8 Å². The van der Waals surface area contributed by atoms with E-state index in [9.17, 15) is 9.59 Å². The molecule has 1 fully saturated rings. The van der Waals surface area contributed by atoms with Crippen molar-refractivity contribution in [3.8, 4) is 11.5 Å². The van der Waals surface area contributed by atoms with Gasteiger partial charge < -0.3 is 14.8 Å². The smallest absolute Gasteiger partial charge is 0.266 e. The Morgan fingerprint density at radius 1 is 1.03 bits per heavy atom. The number of hydrogen-bond donors (Lipinski definition) is 1. The predicted molar refractivity (Wildman–Crippen MR) is 147 cm³/mol. The Bertz CT molecular complexity index is 1140. The van der Waals surface area contributed by atoms with Crippen molar-refractivity contribution in [1.82, 2.24) is 4.90 Å². The van der Waals surface area contributed by atoms with Crippen molar-refractivity contribution in [2.75, 3.05) is 26.1 Å². The molecule has 1 saturated heterocycles. The van der Waals surface area contributed by atoms with Crippen LogP contribution in [0.3, 0.4) is 0 Å². The van der Waals surface area contributed by atoms with Crippen LogP contribution in [0.25, 0.3) is 6.08 Å². The average Bonchev–Trinajstić information content (AvgIpc) is 3.08. The van der Waals surface area contributed by atoms with E-state index in [-0.39, 0.29) is 11.8 Å². The van der Waals surface area contributed by atoms with E-state index in [1.165, 1.54) is 17.3 Å². The van der Waals surface area contributed by atoms with Crippen molar-refractivity contribution in [2.45, 2.75) is 46.5 Å². The summed E-state index contributed by atoms with van der Waals surface area (Å²) in [6, 6.07) is 9.66. The van der Waals surface area contributed by atoms with E-state index in [2.05, 4.69) is 24.4 Å². The first-order chi connectivity index (χ1) is 16.7. The minimum atomic E-state index is -0.0853. The summed E-state index contributed by atoms with van der Waals surface area (Å²) < 4.78 is 11.2. The molecule has 0 aliphatic carbocycles. The maximum atomic E-state index is 12.9. The minimum absolute atomic E-state index is 0.0171. The number of thiocarbonyl (C=S) groups is 1. The second kappa shape index (κ2) is 12.2. The van der Waals surface area contributed by atoms with Gasteiger partial charge >= 0.3 is 0 Å². The fourth-order valence-electron chi connectivity index (χ4n) is 4.10. The Morgan fingerprint density at radius 2 is 1.71 bits per heavy atom. The maximum Gasteiger partial charge on any atom is 0.266 e. The highest BCUT2D eigenvalue weighted by atomic mass is 32.2. The normalized spacial score (nSPS) is 14.5. The van der Waals surface area contributed by atoms with Crippen LogP contribution < -0.4 is 14.8 Å². The number of carbonyl (C=O) groups is 2. The summed E-state index contributed by atoms with van der Waals surface area (Å²) in [6.45, 7) is 6.62. The molecular weight excluding hydrogens is 480 g/mol. The molecule has 0 spiro atoms. The Balaban J connectivity index is 1.48. The molecule has 6 nitrogen and oxygen atoms in total. The number of hydrogen-bond acceptors (Lipinski definition) is 6. The molecule has 0 bridgehead atoms. The molecule has 1 N–H and O–H groups in total. The van der Waals surface area contributed by atoms with Crippen molar-refractivity contribution in [3.63, 3.8) is 0 Å². The van der Waals surface area contributed by atoms with Gasteiger partial charge in [0.25, 0.3) is 5.91 Å². The second-order valence-corrected chi connectivity index (χ2v) is 10.3. The third kappa shape index (κ3) is 6.86. The maximum absolute atomic E-state index is 12.9. The van der Waals surface area contributed by atoms with Crippen LogP contribution in [-0.2, 0) is 9.59 Å². The zero-order valence-corrected chi connectivity index (χ0v) is 22.5. The van der Waals surface area contributed by atoms with E-state index in [1.54, 1.807) is 19.1 Å². The molecule has 0 atom stereocenters. The van der Waals surface area contributed by atoms with Crippen molar-refractivity contribution < 1.29 is 19.1 Å². The number of amides is 2. The van der Waals surface area contributed by atoms with E-state index < -0.39 is 0 Å². The second-order valence-electron chi connectivity index (χ2n) is 8.58. The molecule has 0 radical (unpaired) electrons. The number of methoxy groups -OCH3 is 2. The van der Waals surface area contributed by atoms with Gasteiger partial charge in [0.05, 0.1) is 19.1 Å². The number of aryl methyl sites for hydroxylation is 3. The lowest BCUT2D eigenvalue weighted by Crippen LogP contribution is -2.29. The quantitative estimate of drug-likeness (QED) is 0.238. The number of ether oxygens (including phenoxy) is 2. The number of unbranched alkanes of at least 4 members (excludes halogenated alkanes) is 2. The van der Waals surface area contributed by atoms with E-state index >= 15 is 0 Å². The van der Waals surface area contributed by atoms with Gasteiger partial charge in [-0.05, 0) is 68.5 Å². The monoisotopic (exact) mass is 512 g/mol. The molecule has 35 heavy (non-hydrogen) atoms. The number of rotatable bonds is 10. The van der Waals surface area contributed by atoms with Crippen LogP contribution in [0.1, 0.15) is 47.9 Å². The molecular formula is C27H32N2O4S2. The van der Waals surface area contributed by atoms with Crippen LogP contribution in [0.4, 0.5) is 5.69 Å². The summed E-state index contributed by atoms with van der Waals surface area (Å²) in [5.41, 5.74) is 5.08. The highest BCUT2D eigenvalue weighted by molar-refractivity contribution is 8.26. The fraction of sp³-hybridized carbons (Fsp3) is 0.370. The van der Waals surface area contributed by atoms with Crippen molar-refractivity contribution in [2.24, 2.45) is 0 Å². The molecule has 2 amide bonds. The summed E-state index contributed by atoms with van der Waals surface area (Å²) in [5.74, 6) is 1.17. The van der Waals surface area contributed by atoms with Gasteiger partial charge in [-0.3, -0.25) is 14.5 Å². The number of nitrogens with zero attached hydrogens (tertiary/aromatic N) is 1. The fourth-order valence-corrected chi connectivity index (χ4v) is 5.41. The Hall–Kier alpha value is -2.84. The standard InChI is InChI=1S/C27H32N2O4S2/c1-17-13-18(2)25(19(3)14-17)28-24(30)9-7-6-8-12-29-26(31)23(35-27(29)34)16-20-10-11-21(32-4)22(15-20)33-5/h10-11,13-16H,6-9,12H2,1-5H3,(H,28,30). The highest BCUT2D eigenvalue weighted by Crippen LogP contribution is 2.35. The van der Waals surface area contributed by atoms with E-state index in [0.717, 1.165) is 41.6 Å². The van der Waals surface area contributed by atoms with Crippen LogP contribution in [0.5, 0.6) is 11.5 Å². The summed E-state index contributed by atoms with van der Waals surface area (Å²) in [6.07, 6.45) is 4.65. The summed E-state index contributed by atoms with van der Waals surface area (Å²) in [4.78, 5) is 27.5. The molecule has 2 aromatic rings. The van der Waals surface area contributed by atoms with Crippen LogP contribution in [0, 0.1) is 20.8 Å². The van der Waals surface area contributed by atoms with E-state index in [1.807, 2.05) is 38.1 Å². The van der Waals surface area contributed by atoms with Crippen molar-refractivity contribution in [3.05, 3.63) is 57.5 Å². The van der Waals surface area contributed by atoms with Gasteiger partial charge in [0, 0.05) is 18.7 Å². The van der Waals surface area contributed by atoms with Gasteiger partial charge in [-0.15, -0.1) is 0 Å². The molecule has 1 aliphatic heterocycles. The summed E-state index contributed by atoms with van der Waals surface area (Å²) >= 11 is 6.75. The number of carbonyl (C=O) groups excluding carboxylic acids is 2. The minimum Gasteiger partial charge on any atom is -0.493 e. The first kappa shape index (κ1) is 26.8. The third-order valence-corrected chi connectivity index (χ3v) is 7.18. The molecule has 186 valence electrons. The summed E-state index contributed by atoms with van der Waals surface area (Å²) in [7, 11) is 3.16. The number of anilines is 1. The first-order valence-electron chi connectivity index (χ1n) is 11.6. The van der Waals surface area contributed by atoms with Crippen LogP contribution >= 0.6 is 24.0 Å². The largest absolute Gasteiger partial charge is 0.493 e. The molecule has 3 rings (SSSR count).